The Balaban J connectivity index is 0.00000118. The number of nitrogens with zero attached hydrogens (tertiary/aromatic N) is 1. The molecule has 0 atom stereocenters. The van der Waals surface area contributed by atoms with Gasteiger partial charge >= 0.3 is 0 Å². The van der Waals surface area contributed by atoms with Crippen LogP contribution in [0, 0.1) is 0 Å². The van der Waals surface area contributed by atoms with Crippen molar-refractivity contribution in [2.45, 2.75) is 97.9 Å². The molecule has 1 heterocycles. The number of carbonyl (C=O) groups excluding carboxylic acids is 1. The number of carbonyl (C=O) groups is 1. The largest absolute Gasteiger partial charge is 0.550 e. The van der Waals surface area contributed by atoms with Gasteiger partial charge in [-0.05, 0) is 25.8 Å². The van der Waals surface area contributed by atoms with Crippen LogP contribution < -0.4 is 9.67 Å². The third kappa shape index (κ3) is 15.5. The molecular formula is C21H37NO2. The summed E-state index contributed by atoms with van der Waals surface area (Å²) in [6.07, 6.45) is 19.8. The molecule has 0 aliphatic rings. The average molecular weight is 336 g/mol. The zero-order valence-electron chi connectivity index (χ0n) is 16.1. The van der Waals surface area contributed by atoms with E-state index >= 15 is 0 Å². The van der Waals surface area contributed by atoms with Crippen molar-refractivity contribution in [2.24, 2.45) is 0 Å². The van der Waals surface area contributed by atoms with Crippen molar-refractivity contribution in [3.63, 3.8) is 0 Å². The molecule has 138 valence electrons. The Labute approximate surface area is 149 Å². The van der Waals surface area contributed by atoms with Gasteiger partial charge in [-0.25, -0.2) is 4.57 Å². The topological polar surface area (TPSA) is 44.0 Å². The Bertz CT molecular complexity index is 414. The average Bonchev–Trinajstić information content (AvgIpc) is 2.56. The standard InChI is InChI=1S/C19H34N.C2H4O2/c1-3-5-6-7-8-9-10-11-12-13-16-20-17-14-15-19(4-2)18-20;1-2(3)4/h14-15,17-18H,3-13,16H2,1-2H3;1H3,(H,3,4)/q+1;/p-1. The summed E-state index contributed by atoms with van der Waals surface area (Å²) in [5.74, 6) is -1.08. The smallest absolute Gasteiger partial charge is 0.171 e. The molecule has 1 aromatic heterocycles. The second-order valence-electron chi connectivity index (χ2n) is 6.48. The highest BCUT2D eigenvalue weighted by molar-refractivity contribution is 5.60. The highest BCUT2D eigenvalue weighted by Crippen LogP contribution is 2.10. The van der Waals surface area contributed by atoms with Gasteiger partial charge in [-0.15, -0.1) is 0 Å². The highest BCUT2D eigenvalue weighted by atomic mass is 16.4. The van der Waals surface area contributed by atoms with Crippen molar-refractivity contribution >= 4 is 5.97 Å². The van der Waals surface area contributed by atoms with E-state index in [1.165, 1.54) is 76.3 Å². The van der Waals surface area contributed by atoms with Crippen molar-refractivity contribution < 1.29 is 14.5 Å². The normalized spacial score (nSPS) is 10.1. The minimum Gasteiger partial charge on any atom is -0.550 e. The quantitative estimate of drug-likeness (QED) is 0.424. The zero-order chi connectivity index (χ0) is 18.0. The van der Waals surface area contributed by atoms with E-state index in [-0.39, 0.29) is 0 Å². The first-order valence-electron chi connectivity index (χ1n) is 9.75. The number of unbranched alkanes of at least 4 members (excludes halogenated alkanes) is 9. The van der Waals surface area contributed by atoms with E-state index in [1.54, 1.807) is 0 Å². The monoisotopic (exact) mass is 335 g/mol. The maximum atomic E-state index is 8.89. The van der Waals surface area contributed by atoms with Crippen molar-refractivity contribution in [2.75, 3.05) is 0 Å². The lowest BCUT2D eigenvalue weighted by Crippen LogP contribution is -2.33. The number of aryl methyl sites for hydroxylation is 2. The van der Waals surface area contributed by atoms with E-state index in [2.05, 4.69) is 42.9 Å². The molecule has 0 aromatic carbocycles. The summed E-state index contributed by atoms with van der Waals surface area (Å²) in [5.41, 5.74) is 1.44. The molecule has 0 aliphatic carbocycles. The lowest BCUT2D eigenvalue weighted by molar-refractivity contribution is -0.697. The van der Waals surface area contributed by atoms with Crippen LogP contribution in [0.3, 0.4) is 0 Å². The van der Waals surface area contributed by atoms with Gasteiger partial charge in [0.1, 0.15) is 6.54 Å². The summed E-state index contributed by atoms with van der Waals surface area (Å²) in [4.78, 5) is 8.89. The minimum absolute atomic E-state index is 0.972. The summed E-state index contributed by atoms with van der Waals surface area (Å²) < 4.78 is 2.35. The number of carboxylic acid groups (broad SMARTS) is 1. The van der Waals surface area contributed by atoms with Crippen LogP contribution in [0.25, 0.3) is 0 Å². The molecule has 0 unspecified atom stereocenters. The first-order valence-corrected chi connectivity index (χ1v) is 9.75. The van der Waals surface area contributed by atoms with Crippen LogP contribution in [0.1, 0.15) is 90.5 Å². The molecule has 3 nitrogen and oxygen atoms in total. The zero-order valence-corrected chi connectivity index (χ0v) is 16.1. The maximum Gasteiger partial charge on any atom is 0.171 e. The third-order valence-electron chi connectivity index (χ3n) is 4.10. The summed E-state index contributed by atoms with van der Waals surface area (Å²) in [6, 6.07) is 4.39. The fourth-order valence-corrected chi connectivity index (χ4v) is 2.71. The van der Waals surface area contributed by atoms with Gasteiger partial charge in [0.05, 0.1) is 0 Å². The van der Waals surface area contributed by atoms with E-state index in [0.29, 0.717) is 0 Å². The van der Waals surface area contributed by atoms with E-state index in [4.69, 9.17) is 9.90 Å². The molecule has 0 aliphatic heterocycles. The molecular weight excluding hydrogens is 298 g/mol. The molecule has 0 fully saturated rings. The van der Waals surface area contributed by atoms with Crippen LogP contribution in [-0.4, -0.2) is 5.97 Å². The van der Waals surface area contributed by atoms with Gasteiger partial charge < -0.3 is 9.90 Å². The summed E-state index contributed by atoms with van der Waals surface area (Å²) >= 11 is 0. The van der Waals surface area contributed by atoms with Crippen LogP contribution in [-0.2, 0) is 17.8 Å². The van der Waals surface area contributed by atoms with Gasteiger partial charge in [0.2, 0.25) is 0 Å². The van der Waals surface area contributed by atoms with Crippen molar-refractivity contribution in [3.8, 4) is 0 Å². The Morgan fingerprint density at radius 1 is 0.958 bits per heavy atom. The van der Waals surface area contributed by atoms with Crippen LogP contribution in [0.15, 0.2) is 24.5 Å². The summed E-state index contributed by atoms with van der Waals surface area (Å²) in [5, 5.41) is 8.89. The van der Waals surface area contributed by atoms with Gasteiger partial charge in [-0.1, -0.05) is 65.2 Å². The van der Waals surface area contributed by atoms with E-state index in [1.807, 2.05) is 0 Å². The number of aliphatic carboxylic acids is 1. The van der Waals surface area contributed by atoms with Crippen LogP contribution in [0.5, 0.6) is 0 Å². The Morgan fingerprint density at radius 3 is 1.96 bits per heavy atom. The molecule has 24 heavy (non-hydrogen) atoms. The van der Waals surface area contributed by atoms with Gasteiger partial charge in [-0.3, -0.25) is 0 Å². The first kappa shape index (κ1) is 22.6. The predicted molar refractivity (Wildman–Crippen MR) is 98.5 cm³/mol. The van der Waals surface area contributed by atoms with E-state index in [0.717, 1.165) is 13.3 Å². The van der Waals surface area contributed by atoms with E-state index in [9.17, 15) is 0 Å². The fraction of sp³-hybridized carbons (Fsp3) is 0.714. The van der Waals surface area contributed by atoms with Gasteiger partial charge in [0, 0.05) is 24.0 Å². The Kier molecular flexibility index (Phi) is 15.5. The van der Waals surface area contributed by atoms with Crippen molar-refractivity contribution in [1.82, 2.24) is 0 Å². The number of rotatable bonds is 12. The first-order chi connectivity index (χ1) is 11.6. The fourth-order valence-electron chi connectivity index (χ4n) is 2.71. The number of aromatic nitrogens is 1. The second-order valence-corrected chi connectivity index (χ2v) is 6.48. The molecule has 0 saturated heterocycles. The summed E-state index contributed by atoms with van der Waals surface area (Å²) in [7, 11) is 0. The predicted octanol–water partition coefficient (Wildman–Crippen LogP) is 4.21. The Hall–Kier alpha value is -1.38. The number of hydrogen-bond acceptors (Lipinski definition) is 2. The molecule has 0 saturated carbocycles. The molecule has 1 rings (SSSR count). The van der Waals surface area contributed by atoms with Gasteiger partial charge in [0.15, 0.2) is 12.4 Å². The lowest BCUT2D eigenvalue weighted by Gasteiger charge is -2.02. The molecule has 0 spiro atoms. The van der Waals surface area contributed by atoms with Crippen LogP contribution >= 0.6 is 0 Å². The summed E-state index contributed by atoms with van der Waals surface area (Å²) in [6.45, 7) is 6.67. The molecule has 1 aromatic rings. The van der Waals surface area contributed by atoms with Crippen molar-refractivity contribution in [3.05, 3.63) is 30.1 Å². The molecule has 0 radical (unpaired) electrons. The lowest BCUT2D eigenvalue weighted by atomic mass is 10.1. The SMILES string of the molecule is CC(=O)[O-].CCCCCCCCCCCC[n+]1cccc(CC)c1. The van der Waals surface area contributed by atoms with Gasteiger partial charge in [0.25, 0.3) is 0 Å². The molecule has 3 heteroatoms. The Morgan fingerprint density at radius 2 is 1.46 bits per heavy atom. The van der Waals surface area contributed by atoms with Crippen LogP contribution in [0.4, 0.5) is 0 Å². The van der Waals surface area contributed by atoms with Crippen molar-refractivity contribution in [1.29, 1.82) is 0 Å². The number of pyridine rings is 1. The van der Waals surface area contributed by atoms with Gasteiger partial charge in [-0.2, -0.15) is 0 Å². The maximum absolute atomic E-state index is 8.89. The number of hydrogen-bond donors (Lipinski definition) is 0. The highest BCUT2D eigenvalue weighted by Gasteiger charge is 2.01. The second kappa shape index (κ2) is 16.5. The number of carboxylic acids is 1. The third-order valence-corrected chi connectivity index (χ3v) is 4.10. The minimum atomic E-state index is -1.08. The van der Waals surface area contributed by atoms with E-state index < -0.39 is 5.97 Å². The molecule has 0 amide bonds. The molecule has 0 bridgehead atoms. The molecule has 0 N–H and O–H groups in total. The van der Waals surface area contributed by atoms with Crippen LogP contribution in [0.2, 0.25) is 0 Å².